The second kappa shape index (κ2) is 5.43. The van der Waals surface area contributed by atoms with E-state index in [9.17, 15) is 9.59 Å². The number of hydrogen-bond donors (Lipinski definition) is 0. The molecule has 23 heavy (non-hydrogen) atoms. The van der Waals surface area contributed by atoms with Gasteiger partial charge in [-0.25, -0.2) is 9.36 Å². The van der Waals surface area contributed by atoms with Gasteiger partial charge >= 0.3 is 6.09 Å². The summed E-state index contributed by atoms with van der Waals surface area (Å²) in [5, 5.41) is 1.72. The third-order valence-corrected chi connectivity index (χ3v) is 3.41. The fourth-order valence-corrected chi connectivity index (χ4v) is 2.63. The van der Waals surface area contributed by atoms with E-state index in [0.29, 0.717) is 23.3 Å². The standard InChI is InChI=1S/C18H17NO4/c1-18(2,3)23-17(21)19-14-9-5-4-7-12(14)13-8-6-10-15(16(13)19)22-11-20/h4-11H,1-3H3. The summed E-state index contributed by atoms with van der Waals surface area (Å²) in [5.41, 5.74) is 0.601. The lowest BCUT2D eigenvalue weighted by Crippen LogP contribution is -2.27. The SMILES string of the molecule is CC(C)(C)OC(=O)n1c2ccccc2c2cccc(OC=O)c21. The molecule has 0 amide bonds. The Hall–Kier alpha value is -2.82. The minimum absolute atomic E-state index is 0.319. The Bertz CT molecular complexity index is 902. The molecule has 5 nitrogen and oxygen atoms in total. The van der Waals surface area contributed by atoms with Crippen molar-refractivity contribution in [2.45, 2.75) is 26.4 Å². The van der Waals surface area contributed by atoms with Crippen LogP contribution in [0.5, 0.6) is 5.75 Å². The van der Waals surface area contributed by atoms with Crippen LogP contribution < -0.4 is 4.74 Å². The first-order valence-corrected chi connectivity index (χ1v) is 7.28. The zero-order valence-electron chi connectivity index (χ0n) is 13.2. The van der Waals surface area contributed by atoms with E-state index in [1.807, 2.05) is 51.1 Å². The third-order valence-electron chi connectivity index (χ3n) is 3.41. The fraction of sp³-hybridized carbons (Fsp3) is 0.222. The molecule has 0 N–H and O–H groups in total. The highest BCUT2D eigenvalue weighted by atomic mass is 16.6. The van der Waals surface area contributed by atoms with Gasteiger partial charge in [0.2, 0.25) is 0 Å². The Morgan fingerprint density at radius 1 is 1.04 bits per heavy atom. The number of hydrogen-bond acceptors (Lipinski definition) is 4. The number of aromatic nitrogens is 1. The molecule has 0 aliphatic rings. The first-order chi connectivity index (χ1) is 10.9. The first-order valence-electron chi connectivity index (χ1n) is 7.28. The van der Waals surface area contributed by atoms with Crippen LogP contribution in [0.2, 0.25) is 0 Å². The number of rotatable bonds is 2. The van der Waals surface area contributed by atoms with Gasteiger partial charge in [-0.15, -0.1) is 0 Å². The summed E-state index contributed by atoms with van der Waals surface area (Å²) < 4.78 is 12.0. The fourth-order valence-electron chi connectivity index (χ4n) is 2.63. The highest BCUT2D eigenvalue weighted by Crippen LogP contribution is 2.35. The summed E-state index contributed by atoms with van der Waals surface area (Å²) >= 11 is 0. The summed E-state index contributed by atoms with van der Waals surface area (Å²) in [5.74, 6) is 0.319. The number of carbonyl (C=O) groups is 2. The Labute approximate surface area is 133 Å². The maximum atomic E-state index is 12.7. The number of nitrogens with zero attached hydrogens (tertiary/aromatic N) is 1. The van der Waals surface area contributed by atoms with Gasteiger partial charge in [0.15, 0.2) is 5.75 Å². The average Bonchev–Trinajstić information content (AvgIpc) is 2.81. The molecule has 2 aromatic carbocycles. The van der Waals surface area contributed by atoms with Crippen LogP contribution in [0.15, 0.2) is 42.5 Å². The Morgan fingerprint density at radius 3 is 2.43 bits per heavy atom. The highest BCUT2D eigenvalue weighted by molar-refractivity contribution is 6.14. The van der Waals surface area contributed by atoms with E-state index in [1.54, 1.807) is 12.1 Å². The van der Waals surface area contributed by atoms with Crippen molar-refractivity contribution in [1.82, 2.24) is 4.57 Å². The van der Waals surface area contributed by atoms with Crippen molar-refractivity contribution in [3.8, 4) is 5.75 Å². The minimum Gasteiger partial charge on any atom is -0.443 e. The number of benzene rings is 2. The van der Waals surface area contributed by atoms with Gasteiger partial charge in [0, 0.05) is 10.8 Å². The van der Waals surface area contributed by atoms with Crippen molar-refractivity contribution in [3.63, 3.8) is 0 Å². The molecule has 0 atom stereocenters. The summed E-state index contributed by atoms with van der Waals surface area (Å²) in [6.45, 7) is 5.77. The monoisotopic (exact) mass is 311 g/mol. The topological polar surface area (TPSA) is 57.5 Å². The molecule has 0 saturated heterocycles. The predicted octanol–water partition coefficient (Wildman–Crippen LogP) is 4.11. The first kappa shape index (κ1) is 15.1. The molecule has 0 fully saturated rings. The lowest BCUT2D eigenvalue weighted by atomic mass is 10.1. The van der Waals surface area contributed by atoms with Crippen molar-refractivity contribution >= 4 is 34.4 Å². The lowest BCUT2D eigenvalue weighted by molar-refractivity contribution is -0.120. The minimum atomic E-state index is -0.630. The average molecular weight is 311 g/mol. The summed E-state index contributed by atoms with van der Waals surface area (Å²) in [4.78, 5) is 23.5. The smallest absolute Gasteiger partial charge is 0.419 e. The molecule has 3 rings (SSSR count). The van der Waals surface area contributed by atoms with E-state index in [2.05, 4.69) is 0 Å². The number of fused-ring (bicyclic) bond motifs is 3. The van der Waals surface area contributed by atoms with Gasteiger partial charge in [0.25, 0.3) is 6.47 Å². The molecular weight excluding hydrogens is 294 g/mol. The van der Waals surface area contributed by atoms with E-state index in [1.165, 1.54) is 4.57 Å². The van der Waals surface area contributed by atoms with Crippen LogP contribution in [-0.4, -0.2) is 22.7 Å². The van der Waals surface area contributed by atoms with Crippen LogP contribution in [0.25, 0.3) is 21.8 Å². The van der Waals surface area contributed by atoms with Gasteiger partial charge in [-0.3, -0.25) is 4.79 Å². The molecule has 3 aromatic rings. The molecule has 0 bridgehead atoms. The molecule has 118 valence electrons. The van der Waals surface area contributed by atoms with Crippen LogP contribution in [0.4, 0.5) is 4.79 Å². The van der Waals surface area contributed by atoms with Crippen molar-refractivity contribution < 1.29 is 19.1 Å². The molecule has 1 heterocycles. The third kappa shape index (κ3) is 2.65. The predicted molar refractivity (Wildman–Crippen MR) is 87.8 cm³/mol. The van der Waals surface area contributed by atoms with Crippen molar-refractivity contribution in [1.29, 1.82) is 0 Å². The number of para-hydroxylation sites is 2. The van der Waals surface area contributed by atoms with Crippen molar-refractivity contribution in [2.24, 2.45) is 0 Å². The molecule has 0 radical (unpaired) electrons. The molecule has 0 aliphatic heterocycles. The van der Waals surface area contributed by atoms with Crippen LogP contribution in [0, 0.1) is 0 Å². The van der Waals surface area contributed by atoms with Crippen molar-refractivity contribution in [3.05, 3.63) is 42.5 Å². The second-order valence-corrected chi connectivity index (χ2v) is 6.20. The van der Waals surface area contributed by atoms with Crippen molar-refractivity contribution in [2.75, 3.05) is 0 Å². The largest absolute Gasteiger partial charge is 0.443 e. The molecule has 0 aliphatic carbocycles. The van der Waals surface area contributed by atoms with E-state index >= 15 is 0 Å². The lowest BCUT2D eigenvalue weighted by Gasteiger charge is -2.20. The molecule has 0 spiro atoms. The molecule has 0 saturated carbocycles. The zero-order chi connectivity index (χ0) is 16.6. The molecule has 5 heteroatoms. The number of carbonyl (C=O) groups excluding carboxylic acids is 2. The van der Waals surface area contributed by atoms with Gasteiger partial charge in [-0.1, -0.05) is 30.3 Å². The number of ether oxygens (including phenoxy) is 2. The van der Waals surface area contributed by atoms with Crippen LogP contribution in [0.3, 0.4) is 0 Å². The second-order valence-electron chi connectivity index (χ2n) is 6.20. The zero-order valence-corrected chi connectivity index (χ0v) is 13.2. The summed E-state index contributed by atoms with van der Waals surface area (Å²) in [6.07, 6.45) is -0.509. The summed E-state index contributed by atoms with van der Waals surface area (Å²) in [6, 6.07) is 12.8. The Morgan fingerprint density at radius 2 is 1.74 bits per heavy atom. The van der Waals surface area contributed by atoms with E-state index in [-0.39, 0.29) is 0 Å². The van der Waals surface area contributed by atoms with Gasteiger partial charge in [-0.05, 0) is 32.9 Å². The van der Waals surface area contributed by atoms with Crippen LogP contribution in [0.1, 0.15) is 20.8 Å². The maximum Gasteiger partial charge on any atom is 0.419 e. The molecule has 0 unspecified atom stereocenters. The van der Waals surface area contributed by atoms with Gasteiger partial charge in [-0.2, -0.15) is 0 Å². The normalized spacial score (nSPS) is 11.6. The van der Waals surface area contributed by atoms with E-state index in [0.717, 1.165) is 10.8 Å². The highest BCUT2D eigenvalue weighted by Gasteiger charge is 2.24. The molecule has 1 aromatic heterocycles. The van der Waals surface area contributed by atoms with E-state index < -0.39 is 11.7 Å². The van der Waals surface area contributed by atoms with Gasteiger partial charge in [0.05, 0.1) is 5.52 Å². The Balaban J connectivity index is 2.36. The summed E-state index contributed by atoms with van der Waals surface area (Å²) in [7, 11) is 0. The van der Waals surface area contributed by atoms with Crippen LogP contribution in [-0.2, 0) is 9.53 Å². The van der Waals surface area contributed by atoms with Gasteiger partial charge < -0.3 is 9.47 Å². The molecular formula is C18H17NO4. The quantitative estimate of drug-likeness (QED) is 0.668. The van der Waals surface area contributed by atoms with Crippen LogP contribution >= 0.6 is 0 Å². The van der Waals surface area contributed by atoms with Gasteiger partial charge in [0.1, 0.15) is 11.1 Å². The maximum absolute atomic E-state index is 12.7. The Kier molecular flexibility index (Phi) is 3.56. The van der Waals surface area contributed by atoms with E-state index in [4.69, 9.17) is 9.47 Å².